The van der Waals surface area contributed by atoms with Gasteiger partial charge < -0.3 is 10.3 Å². The van der Waals surface area contributed by atoms with Gasteiger partial charge in [0.05, 0.1) is 39.5 Å². The second-order valence-corrected chi connectivity index (χ2v) is 6.86. The number of nitrogens with zero attached hydrogens (tertiary/aromatic N) is 3. The summed E-state index contributed by atoms with van der Waals surface area (Å²) >= 11 is 0. The smallest absolute Gasteiger partial charge is 0.251 e. The number of carbonyl (C=O) groups excluding carboxylic acids is 1. The number of carbonyl (C=O) groups is 1. The van der Waals surface area contributed by atoms with Crippen LogP contribution in [0, 0.1) is 0 Å². The molecule has 6 nitrogen and oxygen atoms in total. The van der Waals surface area contributed by atoms with Gasteiger partial charge in [0.25, 0.3) is 5.91 Å². The highest BCUT2D eigenvalue weighted by atomic mass is 16.1. The zero-order chi connectivity index (χ0) is 19.7. The average Bonchev–Trinajstić information content (AvgIpc) is 3.16. The number of H-pyrrole nitrogens is 1. The van der Waals surface area contributed by atoms with E-state index in [2.05, 4.69) is 34.1 Å². The first-order chi connectivity index (χ1) is 13.6. The Hall–Kier alpha value is -3.28. The summed E-state index contributed by atoms with van der Waals surface area (Å²) < 4.78 is 0. The SMILES string of the molecule is CCc1nc2ccc(C(=O)NC(C)c3nc4ccccc4[nH]3)cc2nc1CC. The molecule has 0 bridgehead atoms. The maximum absolute atomic E-state index is 12.8. The van der Waals surface area contributed by atoms with E-state index in [9.17, 15) is 4.79 Å². The number of amides is 1. The summed E-state index contributed by atoms with van der Waals surface area (Å²) in [7, 11) is 0. The van der Waals surface area contributed by atoms with Crippen LogP contribution < -0.4 is 5.32 Å². The Balaban J connectivity index is 1.59. The van der Waals surface area contributed by atoms with Gasteiger partial charge in [-0.05, 0) is 50.1 Å². The Morgan fingerprint density at radius 1 is 0.964 bits per heavy atom. The lowest BCUT2D eigenvalue weighted by molar-refractivity contribution is 0.0938. The van der Waals surface area contributed by atoms with E-state index >= 15 is 0 Å². The zero-order valence-corrected chi connectivity index (χ0v) is 16.3. The van der Waals surface area contributed by atoms with Crippen molar-refractivity contribution in [1.82, 2.24) is 25.3 Å². The third kappa shape index (κ3) is 3.33. The van der Waals surface area contributed by atoms with Crippen LogP contribution in [0.25, 0.3) is 22.1 Å². The molecule has 0 aliphatic heterocycles. The lowest BCUT2D eigenvalue weighted by atomic mass is 10.1. The van der Waals surface area contributed by atoms with Crippen molar-refractivity contribution in [3.05, 3.63) is 65.2 Å². The van der Waals surface area contributed by atoms with Crippen molar-refractivity contribution in [2.24, 2.45) is 0 Å². The van der Waals surface area contributed by atoms with Crippen LogP contribution in [-0.4, -0.2) is 25.8 Å². The van der Waals surface area contributed by atoms with E-state index in [1.165, 1.54) is 0 Å². The molecule has 2 N–H and O–H groups in total. The molecule has 2 aromatic carbocycles. The molecule has 0 aliphatic carbocycles. The molecule has 142 valence electrons. The van der Waals surface area contributed by atoms with Crippen LogP contribution >= 0.6 is 0 Å². The van der Waals surface area contributed by atoms with Crippen LogP contribution in [0.4, 0.5) is 0 Å². The normalized spacial score (nSPS) is 12.4. The second kappa shape index (κ2) is 7.38. The van der Waals surface area contributed by atoms with Crippen LogP contribution in [0.5, 0.6) is 0 Å². The minimum atomic E-state index is -0.240. The van der Waals surface area contributed by atoms with Crippen molar-refractivity contribution in [3.63, 3.8) is 0 Å². The molecule has 0 saturated heterocycles. The number of aromatic amines is 1. The fourth-order valence-corrected chi connectivity index (χ4v) is 3.36. The van der Waals surface area contributed by atoms with Gasteiger partial charge in [-0.15, -0.1) is 0 Å². The number of imidazole rings is 1. The van der Waals surface area contributed by atoms with Crippen LogP contribution in [-0.2, 0) is 12.8 Å². The van der Waals surface area contributed by atoms with E-state index in [1.54, 1.807) is 6.07 Å². The van der Waals surface area contributed by atoms with Gasteiger partial charge in [0.1, 0.15) is 5.82 Å². The number of para-hydroxylation sites is 2. The maximum Gasteiger partial charge on any atom is 0.251 e. The molecule has 2 aromatic heterocycles. The molecule has 1 unspecified atom stereocenters. The molecule has 2 heterocycles. The number of fused-ring (bicyclic) bond motifs is 2. The summed E-state index contributed by atoms with van der Waals surface area (Å²) in [4.78, 5) is 30.0. The van der Waals surface area contributed by atoms with Gasteiger partial charge in [-0.3, -0.25) is 4.79 Å². The number of hydrogen-bond donors (Lipinski definition) is 2. The molecule has 0 spiro atoms. The number of aryl methyl sites for hydroxylation is 2. The number of hydrogen-bond acceptors (Lipinski definition) is 4. The fourth-order valence-electron chi connectivity index (χ4n) is 3.36. The molecule has 4 aromatic rings. The zero-order valence-electron chi connectivity index (χ0n) is 16.3. The molecule has 6 heteroatoms. The lowest BCUT2D eigenvalue weighted by Gasteiger charge is -2.12. The third-order valence-electron chi connectivity index (χ3n) is 4.92. The standard InChI is InChI=1S/C22H23N5O/c1-4-15-16(5-2)25-20-12-14(10-11-19(20)24-15)22(28)23-13(3)21-26-17-8-6-7-9-18(17)27-21/h6-13H,4-5H2,1-3H3,(H,23,28)(H,26,27). The van der Waals surface area contributed by atoms with Crippen molar-refractivity contribution < 1.29 is 4.79 Å². The van der Waals surface area contributed by atoms with Crippen molar-refractivity contribution >= 4 is 28.0 Å². The van der Waals surface area contributed by atoms with Crippen molar-refractivity contribution in [3.8, 4) is 0 Å². The molecule has 0 aliphatic rings. The number of benzene rings is 2. The van der Waals surface area contributed by atoms with E-state index in [0.29, 0.717) is 5.56 Å². The molecule has 1 amide bonds. The summed E-state index contributed by atoms with van der Waals surface area (Å²) in [6.45, 7) is 6.07. The minimum absolute atomic E-state index is 0.158. The van der Waals surface area contributed by atoms with Gasteiger partial charge in [-0.25, -0.2) is 15.0 Å². The first kappa shape index (κ1) is 18.1. The van der Waals surface area contributed by atoms with E-state index in [4.69, 9.17) is 4.98 Å². The highest BCUT2D eigenvalue weighted by molar-refractivity contribution is 5.97. The van der Waals surface area contributed by atoms with Gasteiger partial charge >= 0.3 is 0 Å². The fraction of sp³-hybridized carbons (Fsp3) is 0.273. The Morgan fingerprint density at radius 3 is 2.39 bits per heavy atom. The highest BCUT2D eigenvalue weighted by Crippen LogP contribution is 2.18. The lowest BCUT2D eigenvalue weighted by Crippen LogP contribution is -2.27. The monoisotopic (exact) mass is 373 g/mol. The maximum atomic E-state index is 12.8. The topological polar surface area (TPSA) is 83.6 Å². The predicted octanol–water partition coefficient (Wildman–Crippen LogP) is 4.12. The Labute approximate surface area is 163 Å². The summed E-state index contributed by atoms with van der Waals surface area (Å²) in [6.07, 6.45) is 1.68. The number of nitrogens with one attached hydrogen (secondary N) is 2. The van der Waals surface area contributed by atoms with Crippen LogP contribution in [0.15, 0.2) is 42.5 Å². The van der Waals surface area contributed by atoms with Crippen LogP contribution in [0.3, 0.4) is 0 Å². The summed E-state index contributed by atoms with van der Waals surface area (Å²) in [5.41, 5.74) is 5.98. The van der Waals surface area contributed by atoms with Gasteiger partial charge in [-0.2, -0.15) is 0 Å². The van der Waals surface area contributed by atoms with Gasteiger partial charge in [0, 0.05) is 5.56 Å². The van der Waals surface area contributed by atoms with Crippen LogP contribution in [0.1, 0.15) is 54.4 Å². The van der Waals surface area contributed by atoms with Crippen LogP contribution in [0.2, 0.25) is 0 Å². The molecule has 4 rings (SSSR count). The van der Waals surface area contributed by atoms with E-state index < -0.39 is 0 Å². The molecule has 0 fully saturated rings. The second-order valence-electron chi connectivity index (χ2n) is 6.86. The molecular weight excluding hydrogens is 350 g/mol. The van der Waals surface area contributed by atoms with Gasteiger partial charge in [0.2, 0.25) is 0 Å². The van der Waals surface area contributed by atoms with E-state index in [0.717, 1.165) is 52.1 Å². The van der Waals surface area contributed by atoms with Crippen molar-refractivity contribution in [1.29, 1.82) is 0 Å². The molecule has 0 saturated carbocycles. The van der Waals surface area contributed by atoms with Crippen molar-refractivity contribution in [2.45, 2.75) is 39.7 Å². The number of rotatable bonds is 5. The Kier molecular flexibility index (Phi) is 4.77. The summed E-state index contributed by atoms with van der Waals surface area (Å²) in [5, 5.41) is 3.01. The number of aromatic nitrogens is 4. The molecular formula is C22H23N5O. The third-order valence-corrected chi connectivity index (χ3v) is 4.92. The first-order valence-electron chi connectivity index (χ1n) is 9.64. The molecule has 1 atom stereocenters. The Bertz CT molecular complexity index is 1130. The van der Waals surface area contributed by atoms with Crippen molar-refractivity contribution in [2.75, 3.05) is 0 Å². The minimum Gasteiger partial charge on any atom is -0.342 e. The predicted molar refractivity (Wildman–Crippen MR) is 110 cm³/mol. The largest absolute Gasteiger partial charge is 0.342 e. The highest BCUT2D eigenvalue weighted by Gasteiger charge is 2.16. The molecule has 28 heavy (non-hydrogen) atoms. The molecule has 0 radical (unpaired) electrons. The summed E-state index contributed by atoms with van der Waals surface area (Å²) in [6, 6.07) is 13.0. The van der Waals surface area contributed by atoms with Gasteiger partial charge in [0.15, 0.2) is 0 Å². The Morgan fingerprint density at radius 2 is 1.68 bits per heavy atom. The first-order valence-corrected chi connectivity index (χ1v) is 9.64. The van der Waals surface area contributed by atoms with Gasteiger partial charge in [-0.1, -0.05) is 26.0 Å². The quantitative estimate of drug-likeness (QED) is 0.551. The van der Waals surface area contributed by atoms with E-state index in [-0.39, 0.29) is 11.9 Å². The van der Waals surface area contributed by atoms with E-state index in [1.807, 2.05) is 43.3 Å². The average molecular weight is 373 g/mol. The summed E-state index contributed by atoms with van der Waals surface area (Å²) in [5.74, 6) is 0.574.